The van der Waals surface area contributed by atoms with Crippen LogP contribution in [0.15, 0.2) is 24.3 Å². The van der Waals surface area contributed by atoms with Crippen LogP contribution in [0.5, 0.6) is 0 Å². The number of hydrogen-bond acceptors (Lipinski definition) is 5. The SMILES string of the molecule is CC1CN(C(=O)CN(C)c2nc3ccccc3s2)CC(C)O1. The number of ether oxygens (including phenoxy) is 1. The number of fused-ring (bicyclic) bond motifs is 1. The van der Waals surface area contributed by atoms with Gasteiger partial charge < -0.3 is 14.5 Å². The molecule has 0 aliphatic carbocycles. The third-order valence-corrected chi connectivity index (χ3v) is 4.90. The normalized spacial score (nSPS) is 22.0. The van der Waals surface area contributed by atoms with E-state index in [4.69, 9.17) is 4.74 Å². The number of carbonyl (C=O) groups is 1. The van der Waals surface area contributed by atoms with E-state index in [0.717, 1.165) is 15.3 Å². The summed E-state index contributed by atoms with van der Waals surface area (Å²) in [6, 6.07) is 8.03. The van der Waals surface area contributed by atoms with Crippen molar-refractivity contribution in [3.8, 4) is 0 Å². The van der Waals surface area contributed by atoms with Gasteiger partial charge in [-0.2, -0.15) is 0 Å². The molecule has 1 amide bonds. The molecule has 2 unspecified atom stereocenters. The van der Waals surface area contributed by atoms with Gasteiger partial charge in [-0.15, -0.1) is 0 Å². The smallest absolute Gasteiger partial charge is 0.242 e. The lowest BCUT2D eigenvalue weighted by atomic mass is 10.2. The number of benzene rings is 1. The highest BCUT2D eigenvalue weighted by molar-refractivity contribution is 7.22. The zero-order chi connectivity index (χ0) is 15.7. The third-order valence-electron chi connectivity index (χ3n) is 3.75. The van der Waals surface area contributed by atoms with Crippen LogP contribution < -0.4 is 4.90 Å². The lowest BCUT2D eigenvalue weighted by Gasteiger charge is -2.36. The Kier molecular flexibility index (Phi) is 4.31. The Balaban J connectivity index is 1.67. The lowest BCUT2D eigenvalue weighted by Crippen LogP contribution is -2.50. The fraction of sp³-hybridized carbons (Fsp3) is 0.500. The van der Waals surface area contributed by atoms with Crippen LogP contribution in [-0.2, 0) is 9.53 Å². The second kappa shape index (κ2) is 6.22. The van der Waals surface area contributed by atoms with Gasteiger partial charge in [-0.3, -0.25) is 4.79 Å². The van der Waals surface area contributed by atoms with Gasteiger partial charge in [0, 0.05) is 20.1 Å². The van der Waals surface area contributed by atoms with E-state index in [9.17, 15) is 4.79 Å². The van der Waals surface area contributed by atoms with Gasteiger partial charge in [-0.25, -0.2) is 4.98 Å². The number of para-hydroxylation sites is 1. The fourth-order valence-electron chi connectivity index (χ4n) is 2.78. The molecule has 1 aliphatic rings. The Morgan fingerprint density at radius 1 is 1.36 bits per heavy atom. The summed E-state index contributed by atoms with van der Waals surface area (Å²) < 4.78 is 6.82. The van der Waals surface area contributed by atoms with Gasteiger partial charge in [0.2, 0.25) is 5.91 Å². The number of amides is 1. The molecule has 2 atom stereocenters. The van der Waals surface area contributed by atoms with Gasteiger partial charge >= 0.3 is 0 Å². The van der Waals surface area contributed by atoms with E-state index < -0.39 is 0 Å². The minimum Gasteiger partial charge on any atom is -0.372 e. The Morgan fingerprint density at radius 2 is 2.05 bits per heavy atom. The summed E-state index contributed by atoms with van der Waals surface area (Å²) in [5.74, 6) is 0.128. The molecule has 3 rings (SSSR count). The van der Waals surface area contributed by atoms with Gasteiger partial charge in [-0.1, -0.05) is 23.5 Å². The van der Waals surface area contributed by atoms with Crippen molar-refractivity contribution < 1.29 is 9.53 Å². The molecule has 22 heavy (non-hydrogen) atoms. The van der Waals surface area contributed by atoms with E-state index in [2.05, 4.69) is 11.1 Å². The first-order chi connectivity index (χ1) is 10.5. The molecule has 1 aromatic carbocycles. The summed E-state index contributed by atoms with van der Waals surface area (Å²) in [5.41, 5.74) is 0.982. The van der Waals surface area contributed by atoms with E-state index in [-0.39, 0.29) is 18.1 Å². The summed E-state index contributed by atoms with van der Waals surface area (Å²) in [5, 5.41) is 0.879. The highest BCUT2D eigenvalue weighted by Crippen LogP contribution is 2.27. The van der Waals surface area contributed by atoms with E-state index in [1.807, 2.05) is 48.9 Å². The van der Waals surface area contributed by atoms with Crippen LogP contribution in [0, 0.1) is 0 Å². The van der Waals surface area contributed by atoms with E-state index >= 15 is 0 Å². The largest absolute Gasteiger partial charge is 0.372 e. The van der Waals surface area contributed by atoms with E-state index in [1.165, 1.54) is 0 Å². The molecule has 6 heteroatoms. The van der Waals surface area contributed by atoms with Crippen molar-refractivity contribution in [2.45, 2.75) is 26.1 Å². The molecule has 1 saturated heterocycles. The molecule has 0 N–H and O–H groups in total. The highest BCUT2D eigenvalue weighted by Gasteiger charge is 2.26. The number of carbonyl (C=O) groups excluding carboxylic acids is 1. The minimum atomic E-state index is 0.0976. The van der Waals surface area contributed by atoms with Crippen molar-refractivity contribution >= 4 is 32.6 Å². The molecule has 1 fully saturated rings. The van der Waals surface area contributed by atoms with Crippen LogP contribution in [-0.4, -0.2) is 54.7 Å². The van der Waals surface area contributed by atoms with Crippen molar-refractivity contribution in [1.29, 1.82) is 0 Å². The number of nitrogens with zero attached hydrogens (tertiary/aromatic N) is 3. The molecule has 118 valence electrons. The zero-order valence-electron chi connectivity index (χ0n) is 13.2. The second-order valence-corrected chi connectivity index (χ2v) is 6.89. The molecule has 0 saturated carbocycles. The van der Waals surface area contributed by atoms with Crippen molar-refractivity contribution in [3.05, 3.63) is 24.3 Å². The molecular weight excluding hydrogens is 298 g/mol. The number of morpholine rings is 1. The molecule has 1 aromatic heterocycles. The van der Waals surface area contributed by atoms with Crippen LogP contribution >= 0.6 is 11.3 Å². The number of likely N-dealkylation sites (N-methyl/N-ethyl adjacent to an activating group) is 1. The Labute approximate surface area is 134 Å². The Bertz CT molecular complexity index is 629. The first kappa shape index (κ1) is 15.2. The first-order valence-corrected chi connectivity index (χ1v) is 8.34. The number of aromatic nitrogens is 1. The third kappa shape index (κ3) is 3.23. The lowest BCUT2D eigenvalue weighted by molar-refractivity contribution is -0.141. The van der Waals surface area contributed by atoms with Crippen LogP contribution in [0.2, 0.25) is 0 Å². The summed E-state index contributed by atoms with van der Waals surface area (Å²) in [4.78, 5) is 20.9. The minimum absolute atomic E-state index is 0.0976. The number of anilines is 1. The van der Waals surface area contributed by atoms with Gasteiger partial charge in [0.25, 0.3) is 0 Å². The summed E-state index contributed by atoms with van der Waals surface area (Å²) >= 11 is 1.61. The van der Waals surface area contributed by atoms with Gasteiger partial charge in [-0.05, 0) is 26.0 Å². The predicted molar refractivity (Wildman–Crippen MR) is 89.5 cm³/mol. The van der Waals surface area contributed by atoms with Gasteiger partial charge in [0.1, 0.15) is 0 Å². The highest BCUT2D eigenvalue weighted by atomic mass is 32.1. The van der Waals surface area contributed by atoms with Crippen LogP contribution in [0.4, 0.5) is 5.13 Å². The van der Waals surface area contributed by atoms with E-state index in [0.29, 0.717) is 19.6 Å². The maximum absolute atomic E-state index is 12.5. The monoisotopic (exact) mass is 319 g/mol. The molecule has 0 radical (unpaired) electrons. The fourth-order valence-corrected chi connectivity index (χ4v) is 3.70. The maximum atomic E-state index is 12.5. The van der Waals surface area contributed by atoms with Crippen molar-refractivity contribution in [2.24, 2.45) is 0 Å². The van der Waals surface area contributed by atoms with E-state index in [1.54, 1.807) is 11.3 Å². The Morgan fingerprint density at radius 3 is 2.73 bits per heavy atom. The average molecular weight is 319 g/mol. The molecule has 2 heterocycles. The van der Waals surface area contributed by atoms with Gasteiger partial charge in [0.15, 0.2) is 5.13 Å². The van der Waals surface area contributed by atoms with Crippen molar-refractivity contribution in [3.63, 3.8) is 0 Å². The standard InChI is InChI=1S/C16H21N3O2S/c1-11-8-19(9-12(2)21-11)15(20)10-18(3)16-17-13-6-4-5-7-14(13)22-16/h4-7,11-12H,8-10H2,1-3H3. The summed E-state index contributed by atoms with van der Waals surface area (Å²) in [7, 11) is 1.92. The summed E-state index contributed by atoms with van der Waals surface area (Å²) in [6.45, 7) is 5.69. The van der Waals surface area contributed by atoms with Gasteiger partial charge in [0.05, 0.1) is 29.0 Å². The molecule has 0 spiro atoms. The molecule has 1 aliphatic heterocycles. The summed E-state index contributed by atoms with van der Waals surface area (Å²) in [6.07, 6.45) is 0.195. The second-order valence-electron chi connectivity index (χ2n) is 5.88. The van der Waals surface area contributed by atoms with Crippen LogP contribution in [0.1, 0.15) is 13.8 Å². The molecule has 0 bridgehead atoms. The first-order valence-electron chi connectivity index (χ1n) is 7.53. The maximum Gasteiger partial charge on any atom is 0.242 e. The topological polar surface area (TPSA) is 45.7 Å². The number of rotatable bonds is 3. The quantitative estimate of drug-likeness (QED) is 0.871. The molecular formula is C16H21N3O2S. The zero-order valence-corrected chi connectivity index (χ0v) is 14.0. The molecule has 5 nitrogen and oxygen atoms in total. The van der Waals surface area contributed by atoms with Crippen LogP contribution in [0.3, 0.4) is 0 Å². The average Bonchev–Trinajstić information content (AvgIpc) is 2.90. The predicted octanol–water partition coefficient (Wildman–Crippen LogP) is 2.37. The number of hydrogen-bond donors (Lipinski definition) is 0. The van der Waals surface area contributed by atoms with Crippen LogP contribution in [0.25, 0.3) is 10.2 Å². The van der Waals surface area contributed by atoms with Crippen molar-refractivity contribution in [2.75, 3.05) is 31.6 Å². The Hall–Kier alpha value is -1.66. The molecule has 2 aromatic rings. The van der Waals surface area contributed by atoms with Crippen molar-refractivity contribution in [1.82, 2.24) is 9.88 Å². The number of thiazole rings is 1.